The molecule has 2 unspecified atom stereocenters. The van der Waals surface area contributed by atoms with Crippen molar-refractivity contribution in [3.8, 4) is 0 Å². The Bertz CT molecular complexity index is 898. The van der Waals surface area contributed by atoms with Crippen LogP contribution in [0.2, 0.25) is 0 Å². The summed E-state index contributed by atoms with van der Waals surface area (Å²) in [7, 11) is 0. The standard InChI is InChI=1S/C29H42F2N2O/c1-5-14-32-26(17-21-15-24(30)19-25(31)16-21)27(34)20-33-29(12-7-6-8-13-29)23-11-9-10-22(18-23)28(2,3)4/h9-11,15-16,18-19,26-27,32-34H,5-8,12-14,17,20H2,1-4H3. The predicted molar refractivity (Wildman–Crippen MR) is 136 cm³/mol. The molecular formula is C29H42F2N2O. The molecule has 0 aliphatic heterocycles. The summed E-state index contributed by atoms with van der Waals surface area (Å²) in [5, 5.41) is 18.3. The van der Waals surface area contributed by atoms with Crippen molar-refractivity contribution in [2.24, 2.45) is 0 Å². The Labute approximate surface area is 204 Å². The second-order valence-corrected chi connectivity index (χ2v) is 11.0. The van der Waals surface area contributed by atoms with Gasteiger partial charge in [0, 0.05) is 24.2 Å². The van der Waals surface area contributed by atoms with Gasteiger partial charge in [-0.05, 0) is 66.5 Å². The van der Waals surface area contributed by atoms with Crippen LogP contribution in [0.5, 0.6) is 0 Å². The second-order valence-electron chi connectivity index (χ2n) is 11.0. The van der Waals surface area contributed by atoms with Crippen LogP contribution in [0.4, 0.5) is 8.78 Å². The van der Waals surface area contributed by atoms with Gasteiger partial charge in [-0.25, -0.2) is 8.78 Å². The highest BCUT2D eigenvalue weighted by Gasteiger charge is 2.35. The number of nitrogens with one attached hydrogen (secondary N) is 2. The van der Waals surface area contributed by atoms with Gasteiger partial charge in [-0.2, -0.15) is 0 Å². The first kappa shape index (κ1) is 26.8. The largest absolute Gasteiger partial charge is 0.390 e. The minimum atomic E-state index is -0.692. The summed E-state index contributed by atoms with van der Waals surface area (Å²) < 4.78 is 27.5. The normalized spacial score (nSPS) is 18.0. The van der Waals surface area contributed by atoms with Crippen LogP contribution in [-0.2, 0) is 17.4 Å². The van der Waals surface area contributed by atoms with Crippen LogP contribution in [-0.4, -0.2) is 30.3 Å². The Morgan fingerprint density at radius 3 is 2.29 bits per heavy atom. The van der Waals surface area contributed by atoms with Gasteiger partial charge in [-0.15, -0.1) is 0 Å². The molecule has 5 heteroatoms. The first-order valence-corrected chi connectivity index (χ1v) is 12.9. The van der Waals surface area contributed by atoms with E-state index in [1.54, 1.807) is 0 Å². The van der Waals surface area contributed by atoms with Gasteiger partial charge in [0.15, 0.2) is 0 Å². The molecule has 1 saturated carbocycles. The van der Waals surface area contributed by atoms with Crippen molar-refractivity contribution >= 4 is 0 Å². The van der Waals surface area contributed by atoms with E-state index >= 15 is 0 Å². The number of rotatable bonds is 10. The van der Waals surface area contributed by atoms with Crippen LogP contribution < -0.4 is 10.6 Å². The lowest BCUT2D eigenvalue weighted by Gasteiger charge is -2.41. The number of hydrogen-bond donors (Lipinski definition) is 3. The summed E-state index contributed by atoms with van der Waals surface area (Å²) in [6.45, 7) is 9.91. The molecule has 0 amide bonds. The van der Waals surface area contributed by atoms with Gasteiger partial charge in [0.05, 0.1) is 6.10 Å². The molecule has 0 spiro atoms. The maximum absolute atomic E-state index is 13.7. The first-order valence-electron chi connectivity index (χ1n) is 12.9. The van der Waals surface area contributed by atoms with Crippen LogP contribution in [0.1, 0.15) is 82.9 Å². The van der Waals surface area contributed by atoms with Crippen molar-refractivity contribution < 1.29 is 13.9 Å². The lowest BCUT2D eigenvalue weighted by Crippen LogP contribution is -2.52. The molecule has 0 saturated heterocycles. The highest BCUT2D eigenvalue weighted by molar-refractivity contribution is 5.34. The van der Waals surface area contributed by atoms with Crippen LogP contribution in [0.15, 0.2) is 42.5 Å². The number of hydrogen-bond acceptors (Lipinski definition) is 3. The van der Waals surface area contributed by atoms with E-state index < -0.39 is 17.7 Å². The molecular weight excluding hydrogens is 430 g/mol. The smallest absolute Gasteiger partial charge is 0.126 e. The molecule has 0 aromatic heterocycles. The summed E-state index contributed by atoms with van der Waals surface area (Å²) in [6.07, 6.45) is 6.21. The zero-order valence-corrected chi connectivity index (χ0v) is 21.3. The molecule has 1 aliphatic carbocycles. The van der Waals surface area contributed by atoms with E-state index in [0.29, 0.717) is 18.5 Å². The molecule has 1 aliphatic rings. The highest BCUT2D eigenvalue weighted by Crippen LogP contribution is 2.38. The van der Waals surface area contributed by atoms with Gasteiger partial charge < -0.3 is 15.7 Å². The van der Waals surface area contributed by atoms with Crippen molar-refractivity contribution in [2.45, 2.75) is 95.7 Å². The quantitative estimate of drug-likeness (QED) is 0.398. The summed E-state index contributed by atoms with van der Waals surface area (Å²) in [6, 6.07) is 12.2. The zero-order valence-electron chi connectivity index (χ0n) is 21.3. The van der Waals surface area contributed by atoms with Gasteiger partial charge in [0.25, 0.3) is 0 Å². The highest BCUT2D eigenvalue weighted by atomic mass is 19.1. The number of benzene rings is 2. The van der Waals surface area contributed by atoms with E-state index in [2.05, 4.69) is 62.6 Å². The molecule has 0 bridgehead atoms. The van der Waals surface area contributed by atoms with E-state index in [4.69, 9.17) is 0 Å². The molecule has 2 atom stereocenters. The average Bonchev–Trinajstić information content (AvgIpc) is 2.79. The number of halogens is 2. The molecule has 188 valence electrons. The monoisotopic (exact) mass is 472 g/mol. The van der Waals surface area contributed by atoms with Crippen LogP contribution in [0, 0.1) is 11.6 Å². The third-order valence-electron chi connectivity index (χ3n) is 7.14. The van der Waals surface area contributed by atoms with E-state index in [9.17, 15) is 13.9 Å². The van der Waals surface area contributed by atoms with Crippen LogP contribution >= 0.6 is 0 Å². The Kier molecular flexibility index (Phi) is 9.25. The Hall–Kier alpha value is -1.82. The maximum atomic E-state index is 13.7. The van der Waals surface area contributed by atoms with Gasteiger partial charge >= 0.3 is 0 Å². The molecule has 3 N–H and O–H groups in total. The van der Waals surface area contributed by atoms with E-state index in [0.717, 1.165) is 44.7 Å². The van der Waals surface area contributed by atoms with Gasteiger partial charge in [0.1, 0.15) is 11.6 Å². The fourth-order valence-corrected chi connectivity index (χ4v) is 5.11. The van der Waals surface area contributed by atoms with Crippen LogP contribution in [0.25, 0.3) is 0 Å². The van der Waals surface area contributed by atoms with E-state index in [-0.39, 0.29) is 17.0 Å². The zero-order chi connectivity index (χ0) is 24.8. The molecule has 34 heavy (non-hydrogen) atoms. The van der Waals surface area contributed by atoms with Gasteiger partial charge in [-0.3, -0.25) is 0 Å². The van der Waals surface area contributed by atoms with Crippen LogP contribution in [0.3, 0.4) is 0 Å². The SMILES string of the molecule is CCCNC(Cc1cc(F)cc(F)c1)C(O)CNC1(c2cccc(C(C)(C)C)c2)CCCCC1. The van der Waals surface area contributed by atoms with Crippen molar-refractivity contribution in [3.63, 3.8) is 0 Å². The van der Waals surface area contributed by atoms with Crippen molar-refractivity contribution in [1.82, 2.24) is 10.6 Å². The molecule has 2 aromatic carbocycles. The summed E-state index contributed by atoms with van der Waals surface area (Å²) in [4.78, 5) is 0. The minimum Gasteiger partial charge on any atom is -0.390 e. The van der Waals surface area contributed by atoms with Crippen molar-refractivity contribution in [2.75, 3.05) is 13.1 Å². The lowest BCUT2D eigenvalue weighted by molar-refractivity contribution is 0.103. The molecule has 0 heterocycles. The molecule has 2 aromatic rings. The Balaban J connectivity index is 1.78. The molecule has 1 fully saturated rings. The average molecular weight is 473 g/mol. The summed E-state index contributed by atoms with van der Waals surface area (Å²) in [5.41, 5.74) is 3.06. The predicted octanol–water partition coefficient (Wildman–Crippen LogP) is 5.98. The lowest BCUT2D eigenvalue weighted by atomic mass is 9.74. The van der Waals surface area contributed by atoms with Gasteiger partial charge in [-0.1, -0.05) is 71.2 Å². The third-order valence-corrected chi connectivity index (χ3v) is 7.14. The Morgan fingerprint density at radius 2 is 1.68 bits per heavy atom. The Morgan fingerprint density at radius 1 is 1.00 bits per heavy atom. The van der Waals surface area contributed by atoms with E-state index in [1.807, 2.05) is 0 Å². The maximum Gasteiger partial charge on any atom is 0.126 e. The van der Waals surface area contributed by atoms with Gasteiger partial charge in [0.2, 0.25) is 0 Å². The third kappa shape index (κ3) is 7.10. The second kappa shape index (κ2) is 11.7. The minimum absolute atomic E-state index is 0.0702. The van der Waals surface area contributed by atoms with Crippen molar-refractivity contribution in [1.29, 1.82) is 0 Å². The fraction of sp³-hybridized carbons (Fsp3) is 0.586. The fourth-order valence-electron chi connectivity index (χ4n) is 5.11. The molecule has 0 radical (unpaired) electrons. The summed E-state index contributed by atoms with van der Waals surface area (Å²) >= 11 is 0. The molecule has 3 nitrogen and oxygen atoms in total. The number of aliphatic hydroxyl groups excluding tert-OH is 1. The van der Waals surface area contributed by atoms with Crippen molar-refractivity contribution in [3.05, 3.63) is 70.8 Å². The first-order chi connectivity index (χ1) is 16.1. The topological polar surface area (TPSA) is 44.3 Å². The number of aliphatic hydroxyl groups is 1. The molecule has 3 rings (SSSR count). The summed E-state index contributed by atoms with van der Waals surface area (Å²) in [5.74, 6) is -1.17. The van der Waals surface area contributed by atoms with E-state index in [1.165, 1.54) is 29.7 Å².